The highest BCUT2D eigenvalue weighted by Gasteiger charge is 2.33. The normalized spacial score (nSPS) is 16.5. The van der Waals surface area contributed by atoms with Gasteiger partial charge in [-0.2, -0.15) is 4.99 Å². The van der Waals surface area contributed by atoms with Crippen molar-refractivity contribution in [1.29, 1.82) is 0 Å². The Kier molecular flexibility index (Phi) is 3.97. The van der Waals surface area contributed by atoms with Gasteiger partial charge in [0.2, 0.25) is 0 Å². The lowest BCUT2D eigenvalue weighted by Crippen LogP contribution is -2.36. The third-order valence-corrected chi connectivity index (χ3v) is 4.06. The summed E-state index contributed by atoms with van der Waals surface area (Å²) < 4.78 is 5.30. The molecule has 0 aromatic heterocycles. The molecule has 0 bridgehead atoms. The lowest BCUT2D eigenvalue weighted by molar-refractivity contribution is -0.151. The summed E-state index contributed by atoms with van der Waals surface area (Å²) in [5.74, 6) is 0.221. The summed E-state index contributed by atoms with van der Waals surface area (Å²) in [6.45, 7) is 5.64. The number of carbonyl (C=O) groups excluding carboxylic acids is 2. The number of esters is 1. The number of nitrogens with zero attached hydrogens (tertiary/aromatic N) is 3. The fraction of sp³-hybridized carbons (Fsp3) is 0.375. The van der Waals surface area contributed by atoms with E-state index < -0.39 is 5.60 Å². The molecule has 1 aromatic carbocycles. The van der Waals surface area contributed by atoms with Crippen LogP contribution in [0.3, 0.4) is 0 Å². The highest BCUT2D eigenvalue weighted by Crippen LogP contribution is 2.31. The number of carbonyl (C=O) groups is 2. The zero-order chi connectivity index (χ0) is 16.6. The van der Waals surface area contributed by atoms with E-state index in [1.54, 1.807) is 4.90 Å². The van der Waals surface area contributed by atoms with Crippen LogP contribution in [-0.4, -0.2) is 45.7 Å². The number of ether oxygens (including phenoxy) is 1. The van der Waals surface area contributed by atoms with E-state index >= 15 is 0 Å². The highest BCUT2D eigenvalue weighted by molar-refractivity contribution is 8.14. The van der Waals surface area contributed by atoms with Crippen LogP contribution >= 0.6 is 11.8 Å². The van der Waals surface area contributed by atoms with Gasteiger partial charge in [-0.1, -0.05) is 23.9 Å². The van der Waals surface area contributed by atoms with E-state index in [0.29, 0.717) is 11.0 Å². The van der Waals surface area contributed by atoms with Gasteiger partial charge in [0, 0.05) is 5.56 Å². The smallest absolute Gasteiger partial charge is 0.316 e. The minimum absolute atomic E-state index is 0.135. The van der Waals surface area contributed by atoms with Crippen LogP contribution in [0.2, 0.25) is 0 Å². The molecule has 0 N–H and O–H groups in total. The molecule has 3 rings (SSSR count). The van der Waals surface area contributed by atoms with Gasteiger partial charge in [-0.3, -0.25) is 14.5 Å². The largest absolute Gasteiger partial charge is 0.459 e. The summed E-state index contributed by atoms with van der Waals surface area (Å²) in [5, 5.41) is 0.596. The van der Waals surface area contributed by atoms with Crippen LogP contribution < -0.4 is 0 Å². The van der Waals surface area contributed by atoms with Crippen molar-refractivity contribution in [2.24, 2.45) is 9.98 Å². The molecule has 2 aliphatic heterocycles. The van der Waals surface area contributed by atoms with Gasteiger partial charge in [0.05, 0.1) is 11.4 Å². The Hall–Kier alpha value is -2.15. The molecule has 0 atom stereocenters. The number of para-hydroxylation sites is 1. The van der Waals surface area contributed by atoms with Crippen LogP contribution in [0, 0.1) is 0 Å². The Morgan fingerprint density at radius 1 is 1.30 bits per heavy atom. The van der Waals surface area contributed by atoms with Gasteiger partial charge < -0.3 is 4.74 Å². The molecule has 0 fully saturated rings. The molecule has 2 heterocycles. The van der Waals surface area contributed by atoms with Crippen molar-refractivity contribution in [3.8, 4) is 0 Å². The summed E-state index contributed by atoms with van der Waals surface area (Å²) in [5.41, 5.74) is 1.07. The van der Waals surface area contributed by atoms with Crippen LogP contribution in [0.25, 0.3) is 0 Å². The number of aliphatic imine (C=N–C) groups is 2. The van der Waals surface area contributed by atoms with E-state index in [0.717, 1.165) is 11.3 Å². The minimum atomic E-state index is -0.519. The summed E-state index contributed by atoms with van der Waals surface area (Å²) in [6.07, 6.45) is 0. The average Bonchev–Trinajstić information content (AvgIpc) is 2.85. The summed E-state index contributed by atoms with van der Waals surface area (Å²) >= 11 is 1.26. The molecule has 1 amide bonds. The topological polar surface area (TPSA) is 71.3 Å². The van der Waals surface area contributed by atoms with E-state index in [2.05, 4.69) is 9.98 Å². The Morgan fingerprint density at radius 2 is 2.04 bits per heavy atom. The Labute approximate surface area is 138 Å². The second-order valence-corrected chi connectivity index (χ2v) is 7.14. The third kappa shape index (κ3) is 3.44. The second-order valence-electron chi connectivity index (χ2n) is 6.20. The van der Waals surface area contributed by atoms with Gasteiger partial charge in [-0.05, 0) is 32.9 Å². The Balaban J connectivity index is 1.80. The first-order valence-electron chi connectivity index (χ1n) is 7.25. The number of thioether (sulfide) groups is 1. The Bertz CT molecular complexity index is 734. The molecular weight excluding hydrogens is 314 g/mol. The van der Waals surface area contributed by atoms with Crippen molar-refractivity contribution in [1.82, 2.24) is 4.90 Å². The first kappa shape index (κ1) is 15.7. The van der Waals surface area contributed by atoms with Gasteiger partial charge in [-0.15, -0.1) is 0 Å². The lowest BCUT2D eigenvalue weighted by Gasteiger charge is -2.26. The van der Waals surface area contributed by atoms with Crippen LogP contribution in [-0.2, 0) is 14.3 Å². The van der Waals surface area contributed by atoms with Gasteiger partial charge in [0.1, 0.15) is 18.0 Å². The number of amidine groups is 2. The predicted molar refractivity (Wildman–Crippen MR) is 90.1 cm³/mol. The molecule has 0 radical (unpaired) electrons. The molecule has 0 aliphatic carbocycles. The molecule has 23 heavy (non-hydrogen) atoms. The minimum Gasteiger partial charge on any atom is -0.459 e. The summed E-state index contributed by atoms with van der Waals surface area (Å²) in [7, 11) is 0. The fourth-order valence-electron chi connectivity index (χ4n) is 2.32. The van der Waals surface area contributed by atoms with Gasteiger partial charge in [0.15, 0.2) is 5.17 Å². The van der Waals surface area contributed by atoms with Crippen LogP contribution in [0.4, 0.5) is 5.69 Å². The van der Waals surface area contributed by atoms with Gasteiger partial charge in [0.25, 0.3) is 5.91 Å². The lowest BCUT2D eigenvalue weighted by atomic mass is 10.1. The van der Waals surface area contributed by atoms with Gasteiger partial charge >= 0.3 is 5.97 Å². The second kappa shape index (κ2) is 5.81. The van der Waals surface area contributed by atoms with Crippen molar-refractivity contribution in [3.05, 3.63) is 29.8 Å². The van der Waals surface area contributed by atoms with E-state index in [9.17, 15) is 9.59 Å². The number of rotatable bonds is 2. The number of benzene rings is 1. The van der Waals surface area contributed by atoms with Crippen LogP contribution in [0.5, 0.6) is 0 Å². The van der Waals surface area contributed by atoms with Crippen LogP contribution in [0.1, 0.15) is 26.3 Å². The highest BCUT2D eigenvalue weighted by atomic mass is 32.2. The summed E-state index contributed by atoms with van der Waals surface area (Å²) in [6, 6.07) is 7.52. The average molecular weight is 331 g/mol. The van der Waals surface area contributed by atoms with Crippen molar-refractivity contribution >= 4 is 40.3 Å². The Morgan fingerprint density at radius 3 is 2.78 bits per heavy atom. The maximum absolute atomic E-state index is 11.9. The predicted octanol–water partition coefficient (Wildman–Crippen LogP) is 2.35. The molecule has 0 saturated heterocycles. The first-order chi connectivity index (χ1) is 10.8. The molecule has 7 heteroatoms. The number of amides is 1. The van der Waals surface area contributed by atoms with Crippen molar-refractivity contribution < 1.29 is 14.3 Å². The molecule has 1 aromatic rings. The molecule has 2 aliphatic rings. The zero-order valence-electron chi connectivity index (χ0n) is 13.2. The molecule has 120 valence electrons. The molecular formula is C16H17N3O3S. The number of fused-ring (bicyclic) bond motifs is 3. The van der Waals surface area contributed by atoms with Crippen molar-refractivity contribution in [2.75, 3.05) is 12.3 Å². The zero-order valence-corrected chi connectivity index (χ0v) is 14.0. The van der Waals surface area contributed by atoms with Crippen molar-refractivity contribution in [2.45, 2.75) is 26.4 Å². The van der Waals surface area contributed by atoms with Crippen LogP contribution in [0.15, 0.2) is 34.3 Å². The van der Waals surface area contributed by atoms with E-state index in [1.165, 1.54) is 11.8 Å². The van der Waals surface area contributed by atoms with Crippen molar-refractivity contribution in [3.63, 3.8) is 0 Å². The van der Waals surface area contributed by atoms with Gasteiger partial charge in [-0.25, -0.2) is 4.99 Å². The fourth-order valence-corrected chi connectivity index (χ4v) is 3.09. The number of hydrogen-bond acceptors (Lipinski definition) is 6. The maximum atomic E-state index is 11.9. The molecule has 0 saturated carbocycles. The quantitative estimate of drug-likeness (QED) is 0.778. The standard InChI is InChI=1S/C16H17N3O3S/c1-16(2,3)22-13(21)9-23-15-17-11-7-5-4-6-10(11)14-18-12(20)8-19(14)15/h4-7H,8-9H2,1-3H3. The molecule has 0 unspecified atom stereocenters. The van der Waals surface area contributed by atoms with E-state index in [1.807, 2.05) is 45.0 Å². The third-order valence-electron chi connectivity index (χ3n) is 3.11. The maximum Gasteiger partial charge on any atom is 0.316 e. The summed E-state index contributed by atoms with van der Waals surface area (Å²) in [4.78, 5) is 34.0. The van der Waals surface area contributed by atoms with E-state index in [4.69, 9.17) is 4.74 Å². The van der Waals surface area contributed by atoms with E-state index in [-0.39, 0.29) is 24.2 Å². The molecule has 6 nitrogen and oxygen atoms in total. The monoisotopic (exact) mass is 331 g/mol. The first-order valence-corrected chi connectivity index (χ1v) is 8.24. The number of hydrogen-bond donors (Lipinski definition) is 0. The SMILES string of the molecule is CC(C)(C)OC(=O)CSC1=Nc2ccccc2C2=NC(=O)CN12. The molecule has 0 spiro atoms.